The number of rotatable bonds is 2. The van der Waals surface area contributed by atoms with E-state index < -0.39 is 6.10 Å². The molecule has 0 aliphatic rings. The highest BCUT2D eigenvalue weighted by Crippen LogP contribution is 2.19. The van der Waals surface area contributed by atoms with E-state index in [0.29, 0.717) is 16.3 Å². The second-order valence-corrected chi connectivity index (χ2v) is 3.41. The van der Waals surface area contributed by atoms with Crippen LogP contribution < -0.4 is 0 Å². The van der Waals surface area contributed by atoms with Gasteiger partial charge in [-0.2, -0.15) is 0 Å². The summed E-state index contributed by atoms with van der Waals surface area (Å²) in [4.78, 5) is 11.7. The molecule has 2 aromatic heterocycles. The number of hydrogen-bond donors (Lipinski definition) is 1. The van der Waals surface area contributed by atoms with Crippen LogP contribution in [-0.2, 0) is 0 Å². The molecule has 0 radical (unpaired) electrons. The molecule has 76 valence electrons. The Kier molecular flexibility index (Phi) is 2.89. The average Bonchev–Trinajstić information content (AvgIpc) is 2.30. The Balaban J connectivity index is 2.29. The minimum atomic E-state index is -0.816. The van der Waals surface area contributed by atoms with Gasteiger partial charge >= 0.3 is 0 Å². The van der Waals surface area contributed by atoms with E-state index in [9.17, 15) is 5.11 Å². The zero-order valence-electron chi connectivity index (χ0n) is 7.71. The van der Waals surface area contributed by atoms with Crippen LogP contribution in [0.2, 0.25) is 5.02 Å². The first-order valence-corrected chi connectivity index (χ1v) is 4.69. The summed E-state index contributed by atoms with van der Waals surface area (Å²) in [5.74, 6) is 0. The van der Waals surface area contributed by atoms with Crippen LogP contribution in [0.1, 0.15) is 17.4 Å². The first-order valence-electron chi connectivity index (χ1n) is 4.32. The number of pyridine rings is 1. The predicted molar refractivity (Wildman–Crippen MR) is 55.3 cm³/mol. The maximum absolute atomic E-state index is 9.90. The van der Waals surface area contributed by atoms with Gasteiger partial charge in [-0.1, -0.05) is 11.6 Å². The Hall–Kier alpha value is -1.52. The number of aromatic nitrogens is 3. The van der Waals surface area contributed by atoms with Crippen molar-refractivity contribution >= 4 is 11.6 Å². The molecule has 15 heavy (non-hydrogen) atoms. The molecular weight excluding hydrogens is 214 g/mol. The fraction of sp³-hybridized carbons (Fsp3) is 0.100. The number of aliphatic hydroxyl groups is 1. The van der Waals surface area contributed by atoms with Crippen molar-refractivity contribution in [1.82, 2.24) is 15.0 Å². The molecule has 2 heterocycles. The third kappa shape index (κ3) is 2.29. The lowest BCUT2D eigenvalue weighted by Gasteiger charge is -2.08. The SMILES string of the molecule is OC(c1cncnc1)c1ccc(Cl)cn1. The van der Waals surface area contributed by atoms with E-state index in [1.54, 1.807) is 24.5 Å². The summed E-state index contributed by atoms with van der Waals surface area (Å²) in [6, 6.07) is 3.34. The van der Waals surface area contributed by atoms with E-state index >= 15 is 0 Å². The highest BCUT2D eigenvalue weighted by Gasteiger charge is 2.11. The molecule has 0 saturated carbocycles. The van der Waals surface area contributed by atoms with Crippen LogP contribution in [0, 0.1) is 0 Å². The van der Waals surface area contributed by atoms with E-state index in [1.807, 2.05) is 0 Å². The Morgan fingerprint density at radius 1 is 1.13 bits per heavy atom. The van der Waals surface area contributed by atoms with Gasteiger partial charge in [0.1, 0.15) is 12.4 Å². The molecule has 0 fully saturated rings. The van der Waals surface area contributed by atoms with Crippen LogP contribution >= 0.6 is 11.6 Å². The number of hydrogen-bond acceptors (Lipinski definition) is 4. The summed E-state index contributed by atoms with van der Waals surface area (Å²) >= 11 is 5.69. The second kappa shape index (κ2) is 4.33. The highest BCUT2D eigenvalue weighted by molar-refractivity contribution is 6.30. The van der Waals surface area contributed by atoms with Gasteiger partial charge in [0.2, 0.25) is 0 Å². The van der Waals surface area contributed by atoms with Crippen molar-refractivity contribution in [3.63, 3.8) is 0 Å². The molecule has 0 amide bonds. The van der Waals surface area contributed by atoms with Crippen molar-refractivity contribution < 1.29 is 5.11 Å². The maximum atomic E-state index is 9.90. The third-order valence-corrected chi connectivity index (χ3v) is 2.15. The molecule has 5 heteroatoms. The van der Waals surface area contributed by atoms with Crippen LogP contribution in [0.4, 0.5) is 0 Å². The van der Waals surface area contributed by atoms with Crippen molar-refractivity contribution in [3.05, 3.63) is 53.3 Å². The van der Waals surface area contributed by atoms with E-state index in [4.69, 9.17) is 11.6 Å². The zero-order chi connectivity index (χ0) is 10.7. The van der Waals surface area contributed by atoms with E-state index in [2.05, 4.69) is 15.0 Å². The summed E-state index contributed by atoms with van der Waals surface area (Å²) in [5, 5.41) is 10.4. The van der Waals surface area contributed by atoms with E-state index in [0.717, 1.165) is 0 Å². The van der Waals surface area contributed by atoms with Crippen molar-refractivity contribution in [2.75, 3.05) is 0 Å². The summed E-state index contributed by atoms with van der Waals surface area (Å²) in [5.41, 5.74) is 1.13. The topological polar surface area (TPSA) is 58.9 Å². The van der Waals surface area contributed by atoms with E-state index in [1.165, 1.54) is 12.5 Å². The van der Waals surface area contributed by atoms with Gasteiger partial charge in [0.25, 0.3) is 0 Å². The van der Waals surface area contributed by atoms with E-state index in [-0.39, 0.29) is 0 Å². The predicted octanol–water partition coefficient (Wildman–Crippen LogP) is 1.61. The largest absolute Gasteiger partial charge is 0.382 e. The second-order valence-electron chi connectivity index (χ2n) is 2.98. The first kappa shape index (κ1) is 10.0. The monoisotopic (exact) mass is 221 g/mol. The van der Waals surface area contributed by atoms with Crippen LogP contribution in [0.3, 0.4) is 0 Å². The van der Waals surface area contributed by atoms with Crippen molar-refractivity contribution in [2.24, 2.45) is 0 Å². The van der Waals surface area contributed by atoms with Crippen molar-refractivity contribution in [1.29, 1.82) is 0 Å². The molecule has 0 aliphatic carbocycles. The van der Waals surface area contributed by atoms with Crippen LogP contribution in [0.5, 0.6) is 0 Å². The average molecular weight is 222 g/mol. The number of nitrogens with zero attached hydrogens (tertiary/aromatic N) is 3. The fourth-order valence-corrected chi connectivity index (χ4v) is 1.28. The standard InChI is InChI=1S/C10H8ClN3O/c11-8-1-2-9(14-5-8)10(15)7-3-12-6-13-4-7/h1-6,10,15H. The lowest BCUT2D eigenvalue weighted by atomic mass is 10.1. The van der Waals surface area contributed by atoms with Crippen LogP contribution in [0.25, 0.3) is 0 Å². The lowest BCUT2D eigenvalue weighted by Crippen LogP contribution is -2.02. The molecule has 0 aromatic carbocycles. The summed E-state index contributed by atoms with van der Waals surface area (Å²) < 4.78 is 0. The Labute approximate surface area is 91.6 Å². The summed E-state index contributed by atoms with van der Waals surface area (Å²) in [7, 11) is 0. The molecule has 0 spiro atoms. The van der Waals surface area contributed by atoms with Crippen molar-refractivity contribution in [3.8, 4) is 0 Å². The van der Waals surface area contributed by atoms with Gasteiger partial charge in [0.05, 0.1) is 10.7 Å². The minimum absolute atomic E-state index is 0.522. The summed E-state index contributed by atoms with van der Waals surface area (Å²) in [6.07, 6.45) is 5.18. The molecule has 1 N–H and O–H groups in total. The Morgan fingerprint density at radius 3 is 2.47 bits per heavy atom. The fourth-order valence-electron chi connectivity index (χ4n) is 1.17. The van der Waals surface area contributed by atoms with Gasteiger partial charge in [-0.3, -0.25) is 4.98 Å². The molecule has 4 nitrogen and oxygen atoms in total. The van der Waals surface area contributed by atoms with Gasteiger partial charge in [0.15, 0.2) is 0 Å². The molecule has 0 aliphatic heterocycles. The van der Waals surface area contributed by atoms with Crippen LogP contribution in [-0.4, -0.2) is 20.1 Å². The lowest BCUT2D eigenvalue weighted by molar-refractivity contribution is 0.214. The van der Waals surface area contributed by atoms with Gasteiger partial charge in [-0.15, -0.1) is 0 Å². The molecular formula is C10H8ClN3O. The molecule has 0 saturated heterocycles. The summed E-state index contributed by atoms with van der Waals surface area (Å²) in [6.45, 7) is 0. The Bertz CT molecular complexity index is 432. The normalized spacial score (nSPS) is 12.4. The number of aliphatic hydroxyl groups excluding tert-OH is 1. The first-order chi connectivity index (χ1) is 7.27. The quantitative estimate of drug-likeness (QED) is 0.837. The zero-order valence-corrected chi connectivity index (χ0v) is 8.46. The molecule has 2 aromatic rings. The highest BCUT2D eigenvalue weighted by atomic mass is 35.5. The van der Waals surface area contributed by atoms with Crippen LogP contribution in [0.15, 0.2) is 37.1 Å². The van der Waals surface area contributed by atoms with Gasteiger partial charge in [-0.25, -0.2) is 9.97 Å². The molecule has 1 unspecified atom stereocenters. The minimum Gasteiger partial charge on any atom is -0.382 e. The molecule has 0 bridgehead atoms. The Morgan fingerprint density at radius 2 is 1.87 bits per heavy atom. The smallest absolute Gasteiger partial charge is 0.124 e. The number of halogens is 1. The van der Waals surface area contributed by atoms with Gasteiger partial charge < -0.3 is 5.11 Å². The van der Waals surface area contributed by atoms with Gasteiger partial charge in [-0.05, 0) is 12.1 Å². The van der Waals surface area contributed by atoms with Crippen molar-refractivity contribution in [2.45, 2.75) is 6.10 Å². The molecule has 1 atom stereocenters. The maximum Gasteiger partial charge on any atom is 0.124 e. The molecule has 2 rings (SSSR count). The van der Waals surface area contributed by atoms with Gasteiger partial charge in [0, 0.05) is 24.2 Å². The third-order valence-electron chi connectivity index (χ3n) is 1.93.